The largest absolute Gasteiger partial charge is 0.298 e. The van der Waals surface area contributed by atoms with E-state index in [1.165, 1.54) is 0 Å². The summed E-state index contributed by atoms with van der Waals surface area (Å²) in [5, 5.41) is 1.13. The van der Waals surface area contributed by atoms with E-state index < -0.39 is 5.41 Å². The second kappa shape index (κ2) is 6.76. The molecule has 0 amide bonds. The van der Waals surface area contributed by atoms with Gasteiger partial charge in [0, 0.05) is 34.1 Å². The average molecular weight is 337 g/mol. The Labute approximate surface area is 140 Å². The molecular weight excluding hydrogens is 319 g/mol. The summed E-state index contributed by atoms with van der Waals surface area (Å²) in [5.74, 6) is -0.272. The number of carbonyl (C=O) groups is 1. The van der Waals surface area contributed by atoms with Crippen molar-refractivity contribution in [2.75, 3.05) is 0 Å². The smallest absolute Gasteiger partial charge is 0.147 e. The van der Waals surface area contributed by atoms with E-state index in [0.29, 0.717) is 22.2 Å². The normalized spacial score (nSPS) is 13.0. The number of Topliss-reactive ketones (excluding diaryl/α,β-unsaturated/α-hetero) is 1. The lowest BCUT2D eigenvalue weighted by molar-refractivity contribution is -0.127. The molecule has 0 N–H and O–H groups in total. The van der Waals surface area contributed by atoms with Crippen LogP contribution in [0.3, 0.4) is 0 Å². The van der Waals surface area contributed by atoms with Crippen LogP contribution in [0.1, 0.15) is 37.9 Å². The summed E-state index contributed by atoms with van der Waals surface area (Å²) in [7, 11) is 0. The molecule has 1 atom stereocenters. The van der Waals surface area contributed by atoms with Gasteiger partial charge in [0.1, 0.15) is 5.78 Å². The van der Waals surface area contributed by atoms with Crippen molar-refractivity contribution in [1.82, 2.24) is 9.97 Å². The molecule has 1 aromatic carbocycles. The number of aromatic nitrogens is 2. The van der Waals surface area contributed by atoms with Gasteiger partial charge in [-0.15, -0.1) is 0 Å². The van der Waals surface area contributed by atoms with Gasteiger partial charge < -0.3 is 0 Å². The lowest BCUT2D eigenvalue weighted by atomic mass is 9.79. The standard InChI is InChI=1S/C17H18Cl2N2O/c1-17(2,3)16(22)13(15-10-20-6-7-21-15)8-11-4-5-12(18)9-14(11)19/h4-7,9-10,13H,8H2,1-3H3. The molecule has 2 rings (SSSR count). The Kier molecular flexibility index (Phi) is 5.20. The summed E-state index contributed by atoms with van der Waals surface area (Å²) < 4.78 is 0. The van der Waals surface area contributed by atoms with Crippen molar-refractivity contribution < 1.29 is 4.79 Å². The molecule has 3 nitrogen and oxygen atoms in total. The number of hydrogen-bond acceptors (Lipinski definition) is 3. The maximum absolute atomic E-state index is 12.8. The Morgan fingerprint density at radius 2 is 1.95 bits per heavy atom. The third-order valence-corrected chi connectivity index (χ3v) is 4.02. The average Bonchev–Trinajstić information content (AvgIpc) is 2.46. The molecule has 116 valence electrons. The third-order valence-electron chi connectivity index (χ3n) is 3.44. The van der Waals surface area contributed by atoms with Crippen LogP contribution in [0.25, 0.3) is 0 Å². The molecule has 0 aliphatic rings. The second-order valence-electron chi connectivity index (χ2n) is 6.24. The van der Waals surface area contributed by atoms with Crippen molar-refractivity contribution in [2.45, 2.75) is 33.1 Å². The number of nitrogens with zero attached hydrogens (tertiary/aromatic N) is 2. The molecule has 0 radical (unpaired) electrons. The fourth-order valence-corrected chi connectivity index (χ4v) is 2.74. The van der Waals surface area contributed by atoms with Crippen molar-refractivity contribution in [2.24, 2.45) is 5.41 Å². The summed E-state index contributed by atoms with van der Waals surface area (Å²) in [4.78, 5) is 21.2. The van der Waals surface area contributed by atoms with Crippen LogP contribution in [0, 0.1) is 5.41 Å². The Balaban J connectivity index is 2.39. The van der Waals surface area contributed by atoms with Crippen LogP contribution >= 0.6 is 23.2 Å². The molecule has 0 saturated carbocycles. The topological polar surface area (TPSA) is 42.9 Å². The summed E-state index contributed by atoms with van der Waals surface area (Å²) in [6.45, 7) is 5.71. The molecule has 0 spiro atoms. The van der Waals surface area contributed by atoms with E-state index in [1.54, 1.807) is 30.7 Å². The Hall–Kier alpha value is -1.45. The van der Waals surface area contributed by atoms with Crippen LogP contribution in [0.2, 0.25) is 10.0 Å². The molecule has 0 saturated heterocycles. The van der Waals surface area contributed by atoms with Crippen LogP contribution in [-0.4, -0.2) is 15.8 Å². The number of halogens is 2. The molecule has 0 fully saturated rings. The Bertz CT molecular complexity index is 666. The van der Waals surface area contributed by atoms with Gasteiger partial charge >= 0.3 is 0 Å². The highest BCUT2D eigenvalue weighted by molar-refractivity contribution is 6.35. The molecular formula is C17H18Cl2N2O. The molecule has 0 aliphatic heterocycles. The van der Waals surface area contributed by atoms with Gasteiger partial charge in [0.05, 0.1) is 11.6 Å². The molecule has 0 aliphatic carbocycles. The first kappa shape index (κ1) is 16.9. The van der Waals surface area contributed by atoms with Gasteiger partial charge in [0.2, 0.25) is 0 Å². The van der Waals surface area contributed by atoms with Crippen LogP contribution in [0.4, 0.5) is 0 Å². The van der Waals surface area contributed by atoms with E-state index >= 15 is 0 Å². The van der Waals surface area contributed by atoms with Gasteiger partial charge in [-0.3, -0.25) is 14.8 Å². The Morgan fingerprint density at radius 1 is 1.23 bits per heavy atom. The fourth-order valence-electron chi connectivity index (χ4n) is 2.25. The minimum absolute atomic E-state index is 0.110. The van der Waals surface area contributed by atoms with Crippen molar-refractivity contribution in [3.05, 3.63) is 58.1 Å². The molecule has 1 aromatic heterocycles. The maximum Gasteiger partial charge on any atom is 0.147 e. The van der Waals surface area contributed by atoms with Crippen molar-refractivity contribution in [3.8, 4) is 0 Å². The van der Waals surface area contributed by atoms with Crippen LogP contribution in [0.5, 0.6) is 0 Å². The number of rotatable bonds is 4. The SMILES string of the molecule is CC(C)(C)C(=O)C(Cc1ccc(Cl)cc1Cl)c1cnccn1. The zero-order valence-corrected chi connectivity index (χ0v) is 14.3. The lowest BCUT2D eigenvalue weighted by Gasteiger charge is -2.24. The van der Waals surface area contributed by atoms with Gasteiger partial charge in [0.15, 0.2) is 0 Å². The molecule has 0 bridgehead atoms. The summed E-state index contributed by atoms with van der Waals surface area (Å²) >= 11 is 12.2. The first-order valence-electron chi connectivity index (χ1n) is 7.03. The van der Waals surface area contributed by atoms with Crippen molar-refractivity contribution in [3.63, 3.8) is 0 Å². The highest BCUT2D eigenvalue weighted by atomic mass is 35.5. The lowest BCUT2D eigenvalue weighted by Crippen LogP contribution is -2.29. The van der Waals surface area contributed by atoms with Gasteiger partial charge in [-0.05, 0) is 24.1 Å². The summed E-state index contributed by atoms with van der Waals surface area (Å²) in [6.07, 6.45) is 5.31. The number of hydrogen-bond donors (Lipinski definition) is 0. The fraction of sp³-hybridized carbons (Fsp3) is 0.353. The summed E-state index contributed by atoms with van der Waals surface area (Å²) in [5.41, 5.74) is 1.06. The monoisotopic (exact) mass is 336 g/mol. The van der Waals surface area contributed by atoms with Gasteiger partial charge in [-0.2, -0.15) is 0 Å². The van der Waals surface area contributed by atoms with Crippen molar-refractivity contribution in [1.29, 1.82) is 0 Å². The van der Waals surface area contributed by atoms with E-state index in [1.807, 2.05) is 26.8 Å². The molecule has 22 heavy (non-hydrogen) atoms. The van der Waals surface area contributed by atoms with Crippen LogP contribution in [0.15, 0.2) is 36.8 Å². The molecule has 5 heteroatoms. The van der Waals surface area contributed by atoms with Crippen LogP contribution in [-0.2, 0) is 11.2 Å². The second-order valence-corrected chi connectivity index (χ2v) is 7.08. The Morgan fingerprint density at radius 3 is 2.50 bits per heavy atom. The minimum atomic E-state index is -0.471. The predicted octanol–water partition coefficient (Wildman–Crippen LogP) is 4.72. The molecule has 1 unspecified atom stereocenters. The number of ketones is 1. The maximum atomic E-state index is 12.8. The van der Waals surface area contributed by atoms with Crippen molar-refractivity contribution >= 4 is 29.0 Å². The zero-order valence-electron chi connectivity index (χ0n) is 12.8. The third kappa shape index (κ3) is 4.05. The minimum Gasteiger partial charge on any atom is -0.298 e. The zero-order chi connectivity index (χ0) is 16.3. The quantitative estimate of drug-likeness (QED) is 0.810. The summed E-state index contributed by atoms with van der Waals surface area (Å²) in [6, 6.07) is 5.32. The van der Waals surface area contributed by atoms with E-state index in [-0.39, 0.29) is 11.7 Å². The predicted molar refractivity (Wildman–Crippen MR) is 89.4 cm³/mol. The first-order chi connectivity index (χ1) is 10.3. The first-order valence-corrected chi connectivity index (χ1v) is 7.79. The number of carbonyl (C=O) groups excluding carboxylic acids is 1. The van der Waals surface area contributed by atoms with Gasteiger partial charge in [-0.1, -0.05) is 50.0 Å². The van der Waals surface area contributed by atoms with Gasteiger partial charge in [-0.25, -0.2) is 0 Å². The van der Waals surface area contributed by atoms with Crippen LogP contribution < -0.4 is 0 Å². The van der Waals surface area contributed by atoms with E-state index in [4.69, 9.17) is 23.2 Å². The van der Waals surface area contributed by atoms with E-state index in [0.717, 1.165) is 5.56 Å². The number of benzene rings is 1. The van der Waals surface area contributed by atoms with E-state index in [2.05, 4.69) is 9.97 Å². The highest BCUT2D eigenvalue weighted by Crippen LogP contribution is 2.32. The van der Waals surface area contributed by atoms with E-state index in [9.17, 15) is 4.79 Å². The highest BCUT2D eigenvalue weighted by Gasteiger charge is 2.32. The molecule has 1 heterocycles. The van der Waals surface area contributed by atoms with Gasteiger partial charge in [0.25, 0.3) is 0 Å². The molecule has 2 aromatic rings.